The number of amides is 2. The molecule has 2 aromatic rings. The van der Waals surface area contributed by atoms with Gasteiger partial charge in [0.1, 0.15) is 5.75 Å². The van der Waals surface area contributed by atoms with Crippen LogP contribution in [0.5, 0.6) is 5.75 Å². The van der Waals surface area contributed by atoms with E-state index in [0.29, 0.717) is 17.9 Å². The van der Waals surface area contributed by atoms with Crippen LogP contribution in [-0.2, 0) is 4.79 Å². The molecule has 0 aliphatic heterocycles. The molecule has 2 amide bonds. The van der Waals surface area contributed by atoms with Crippen LogP contribution < -0.4 is 15.5 Å². The highest BCUT2D eigenvalue weighted by atomic mass is 16.5. The van der Waals surface area contributed by atoms with E-state index in [2.05, 4.69) is 15.8 Å². The first kappa shape index (κ1) is 18.2. The Morgan fingerprint density at radius 1 is 1.12 bits per heavy atom. The zero-order chi connectivity index (χ0) is 18.1. The molecule has 130 valence electrons. The molecule has 0 fully saturated rings. The summed E-state index contributed by atoms with van der Waals surface area (Å²) in [5.41, 5.74) is 4.71. The van der Waals surface area contributed by atoms with Crippen LogP contribution in [0.15, 0.2) is 53.6 Å². The van der Waals surface area contributed by atoms with Crippen molar-refractivity contribution in [3.8, 4) is 5.75 Å². The number of benzene rings is 2. The second kappa shape index (κ2) is 9.22. The molecule has 0 aliphatic rings. The summed E-state index contributed by atoms with van der Waals surface area (Å²) in [5.74, 6) is -0.0258. The Hall–Kier alpha value is -3.15. The second-order valence-corrected chi connectivity index (χ2v) is 5.31. The number of nitrogens with one attached hydrogen (secondary N) is 2. The predicted octanol–water partition coefficient (Wildman–Crippen LogP) is 2.27. The molecule has 0 aromatic heterocycles. The Kier molecular flexibility index (Phi) is 6.71. The molecule has 2 aromatic carbocycles. The Morgan fingerprint density at radius 2 is 1.84 bits per heavy atom. The van der Waals surface area contributed by atoms with Crippen LogP contribution in [0, 0.1) is 6.92 Å². The molecule has 6 heteroatoms. The van der Waals surface area contributed by atoms with Gasteiger partial charge in [0.2, 0.25) is 0 Å². The van der Waals surface area contributed by atoms with Crippen molar-refractivity contribution in [3.63, 3.8) is 0 Å². The van der Waals surface area contributed by atoms with Gasteiger partial charge in [-0.05, 0) is 38.1 Å². The summed E-state index contributed by atoms with van der Waals surface area (Å²) in [6, 6.07) is 14.5. The van der Waals surface area contributed by atoms with Crippen LogP contribution in [0.1, 0.15) is 28.4 Å². The largest absolute Gasteiger partial charge is 0.493 e. The van der Waals surface area contributed by atoms with Crippen LogP contribution >= 0.6 is 0 Å². The average molecular weight is 339 g/mol. The third-order valence-corrected chi connectivity index (χ3v) is 3.33. The Balaban J connectivity index is 1.82. The molecule has 0 saturated heterocycles. The van der Waals surface area contributed by atoms with E-state index in [1.807, 2.05) is 50.2 Å². The van der Waals surface area contributed by atoms with Crippen molar-refractivity contribution in [2.75, 3.05) is 13.2 Å². The first-order chi connectivity index (χ1) is 12.1. The average Bonchev–Trinajstić information content (AvgIpc) is 2.62. The maximum Gasteiger partial charge on any atom is 0.259 e. The van der Waals surface area contributed by atoms with Gasteiger partial charge in [-0.3, -0.25) is 9.59 Å². The van der Waals surface area contributed by atoms with E-state index in [9.17, 15) is 9.59 Å². The number of para-hydroxylation sites is 1. The molecule has 2 N–H and O–H groups in total. The predicted molar refractivity (Wildman–Crippen MR) is 96.9 cm³/mol. The molecule has 0 aliphatic carbocycles. The zero-order valence-corrected chi connectivity index (χ0v) is 14.3. The van der Waals surface area contributed by atoms with E-state index >= 15 is 0 Å². The third kappa shape index (κ3) is 5.76. The molecular formula is C19H21N3O3. The Bertz CT molecular complexity index is 755. The topological polar surface area (TPSA) is 79.8 Å². The monoisotopic (exact) mass is 339 g/mol. The number of carbonyl (C=O) groups is 2. The normalized spacial score (nSPS) is 10.5. The quantitative estimate of drug-likeness (QED) is 0.600. The van der Waals surface area contributed by atoms with Gasteiger partial charge in [0.25, 0.3) is 11.8 Å². The molecule has 0 radical (unpaired) electrons. The molecule has 0 unspecified atom stereocenters. The van der Waals surface area contributed by atoms with Crippen LogP contribution in [0.2, 0.25) is 0 Å². The van der Waals surface area contributed by atoms with E-state index in [-0.39, 0.29) is 12.5 Å². The van der Waals surface area contributed by atoms with Crippen LogP contribution in [0.25, 0.3) is 0 Å². The number of hydrazone groups is 1. The summed E-state index contributed by atoms with van der Waals surface area (Å²) in [7, 11) is 0. The third-order valence-electron chi connectivity index (χ3n) is 3.33. The van der Waals surface area contributed by atoms with E-state index in [4.69, 9.17) is 4.74 Å². The van der Waals surface area contributed by atoms with Gasteiger partial charge < -0.3 is 10.1 Å². The highest BCUT2D eigenvalue weighted by Crippen LogP contribution is 2.15. The number of aryl methyl sites for hydroxylation is 1. The fraction of sp³-hybridized carbons (Fsp3) is 0.211. The van der Waals surface area contributed by atoms with Crippen molar-refractivity contribution in [2.24, 2.45) is 5.10 Å². The number of nitrogens with zero attached hydrogens (tertiary/aromatic N) is 1. The van der Waals surface area contributed by atoms with Gasteiger partial charge in [-0.2, -0.15) is 5.10 Å². The lowest BCUT2D eigenvalue weighted by molar-refractivity contribution is -0.120. The molecule has 25 heavy (non-hydrogen) atoms. The summed E-state index contributed by atoms with van der Waals surface area (Å²) < 4.78 is 5.47. The summed E-state index contributed by atoms with van der Waals surface area (Å²) in [5, 5.41) is 6.44. The summed E-state index contributed by atoms with van der Waals surface area (Å²) >= 11 is 0. The van der Waals surface area contributed by atoms with Crippen molar-refractivity contribution in [1.82, 2.24) is 10.7 Å². The van der Waals surface area contributed by atoms with Crippen molar-refractivity contribution >= 4 is 18.0 Å². The lowest BCUT2D eigenvalue weighted by Crippen LogP contribution is -2.34. The Morgan fingerprint density at radius 3 is 2.56 bits per heavy atom. The smallest absolute Gasteiger partial charge is 0.259 e. The van der Waals surface area contributed by atoms with Gasteiger partial charge in [0, 0.05) is 11.1 Å². The van der Waals surface area contributed by atoms with Gasteiger partial charge in [-0.25, -0.2) is 5.43 Å². The minimum Gasteiger partial charge on any atom is -0.493 e. The molecule has 0 saturated carbocycles. The summed E-state index contributed by atoms with van der Waals surface area (Å²) in [6.07, 6.45) is 1.50. The van der Waals surface area contributed by atoms with Gasteiger partial charge in [0.05, 0.1) is 19.4 Å². The minimum atomic E-state index is -0.411. The second-order valence-electron chi connectivity index (χ2n) is 5.31. The van der Waals surface area contributed by atoms with E-state index in [0.717, 1.165) is 11.1 Å². The SMILES string of the molecule is CCOc1ccccc1/C=N\NC(=O)CNC(=O)c1ccc(C)cc1. The molecule has 0 heterocycles. The number of ether oxygens (including phenoxy) is 1. The van der Waals surface area contributed by atoms with Crippen molar-refractivity contribution in [1.29, 1.82) is 0 Å². The Labute approximate surface area is 146 Å². The standard InChI is InChI=1S/C19H21N3O3/c1-3-25-17-7-5-4-6-16(17)12-21-22-18(23)13-20-19(24)15-10-8-14(2)9-11-15/h4-12H,3,13H2,1-2H3,(H,20,24)(H,22,23)/b21-12-. The summed E-state index contributed by atoms with van der Waals surface area (Å²) in [6.45, 7) is 4.22. The van der Waals surface area contributed by atoms with E-state index in [1.54, 1.807) is 12.1 Å². The number of carbonyl (C=O) groups excluding carboxylic acids is 2. The van der Waals surface area contributed by atoms with Gasteiger partial charge >= 0.3 is 0 Å². The zero-order valence-electron chi connectivity index (χ0n) is 14.3. The lowest BCUT2D eigenvalue weighted by Gasteiger charge is -2.06. The maximum atomic E-state index is 11.9. The number of rotatable bonds is 7. The molecule has 0 spiro atoms. The van der Waals surface area contributed by atoms with Crippen LogP contribution in [0.4, 0.5) is 0 Å². The number of hydrogen-bond acceptors (Lipinski definition) is 4. The maximum absolute atomic E-state index is 11.9. The fourth-order valence-corrected chi connectivity index (χ4v) is 2.06. The van der Waals surface area contributed by atoms with Crippen molar-refractivity contribution < 1.29 is 14.3 Å². The van der Waals surface area contributed by atoms with Crippen molar-refractivity contribution in [2.45, 2.75) is 13.8 Å². The van der Waals surface area contributed by atoms with Gasteiger partial charge in [-0.15, -0.1) is 0 Å². The minimum absolute atomic E-state index is 0.156. The highest BCUT2D eigenvalue weighted by molar-refractivity contribution is 5.96. The van der Waals surface area contributed by atoms with Gasteiger partial charge in [0.15, 0.2) is 0 Å². The van der Waals surface area contributed by atoms with Crippen LogP contribution in [-0.4, -0.2) is 31.2 Å². The first-order valence-electron chi connectivity index (χ1n) is 7.98. The molecule has 2 rings (SSSR count). The molecular weight excluding hydrogens is 318 g/mol. The van der Waals surface area contributed by atoms with E-state index in [1.165, 1.54) is 6.21 Å². The highest BCUT2D eigenvalue weighted by Gasteiger charge is 2.07. The summed E-state index contributed by atoms with van der Waals surface area (Å²) in [4.78, 5) is 23.7. The van der Waals surface area contributed by atoms with Crippen molar-refractivity contribution in [3.05, 3.63) is 65.2 Å². The fourth-order valence-electron chi connectivity index (χ4n) is 2.06. The van der Waals surface area contributed by atoms with E-state index < -0.39 is 5.91 Å². The molecule has 0 atom stereocenters. The number of hydrogen-bond donors (Lipinski definition) is 2. The van der Waals surface area contributed by atoms with Gasteiger partial charge in [-0.1, -0.05) is 29.8 Å². The first-order valence-corrected chi connectivity index (χ1v) is 7.98. The molecule has 6 nitrogen and oxygen atoms in total. The molecule has 0 bridgehead atoms. The van der Waals surface area contributed by atoms with Crippen LogP contribution in [0.3, 0.4) is 0 Å². The lowest BCUT2D eigenvalue weighted by atomic mass is 10.1.